The van der Waals surface area contributed by atoms with E-state index in [2.05, 4.69) is 21.2 Å². The van der Waals surface area contributed by atoms with E-state index in [1.165, 1.54) is 6.08 Å². The van der Waals surface area contributed by atoms with Crippen LogP contribution in [0.4, 0.5) is 0 Å². The van der Waals surface area contributed by atoms with Gasteiger partial charge in [-0.15, -0.1) is 0 Å². The van der Waals surface area contributed by atoms with E-state index < -0.39 is 0 Å². The van der Waals surface area contributed by atoms with Gasteiger partial charge in [0.1, 0.15) is 0 Å². The van der Waals surface area contributed by atoms with Crippen molar-refractivity contribution in [2.45, 2.75) is 0 Å². The number of hydrogen-bond donors (Lipinski definition) is 1. The van der Waals surface area contributed by atoms with Crippen molar-refractivity contribution in [3.8, 4) is 0 Å². The minimum atomic E-state index is -0.00752. The fourth-order valence-electron chi connectivity index (χ4n) is 0.416. The maximum atomic E-state index is 10.2. The van der Waals surface area contributed by atoms with Crippen molar-refractivity contribution in [1.29, 1.82) is 0 Å². The van der Waals surface area contributed by atoms with Crippen molar-refractivity contribution in [3.63, 3.8) is 0 Å². The van der Waals surface area contributed by atoms with Gasteiger partial charge in [-0.05, 0) is 0 Å². The fourth-order valence-corrected chi connectivity index (χ4v) is 0.764. The van der Waals surface area contributed by atoms with Crippen LogP contribution in [-0.4, -0.2) is 12.5 Å². The lowest BCUT2D eigenvalue weighted by atomic mass is 10.6. The van der Waals surface area contributed by atoms with Crippen LogP contribution >= 0.6 is 15.9 Å². The Bertz CT molecular complexity index is 130. The number of amides is 1. The molecular formula is C4H4BrNO. The van der Waals surface area contributed by atoms with Crippen LogP contribution < -0.4 is 5.32 Å². The van der Waals surface area contributed by atoms with Gasteiger partial charge in [-0.2, -0.15) is 0 Å². The van der Waals surface area contributed by atoms with E-state index in [1.54, 1.807) is 0 Å². The quantitative estimate of drug-likeness (QED) is 0.548. The van der Waals surface area contributed by atoms with Crippen LogP contribution in [0.5, 0.6) is 0 Å². The third-order valence-corrected chi connectivity index (χ3v) is 1.23. The van der Waals surface area contributed by atoms with Crippen molar-refractivity contribution in [2.24, 2.45) is 0 Å². The molecule has 3 heteroatoms. The smallest absolute Gasteiger partial charge is 0.245 e. The molecule has 0 aliphatic carbocycles. The molecule has 1 amide bonds. The Hall–Kier alpha value is -0.310. The second-order valence-electron chi connectivity index (χ2n) is 1.31. The minimum Gasteiger partial charge on any atom is -0.348 e. The van der Waals surface area contributed by atoms with Crippen LogP contribution in [-0.2, 0) is 4.79 Å². The molecule has 38 valence electrons. The van der Waals surface area contributed by atoms with Crippen molar-refractivity contribution in [2.75, 3.05) is 6.54 Å². The molecule has 1 aliphatic rings. The van der Waals surface area contributed by atoms with Crippen molar-refractivity contribution >= 4 is 21.8 Å². The summed E-state index contributed by atoms with van der Waals surface area (Å²) in [5.74, 6) is -0.00752. The summed E-state index contributed by atoms with van der Waals surface area (Å²) in [5, 5.41) is 2.59. The highest BCUT2D eigenvalue weighted by molar-refractivity contribution is 9.11. The van der Waals surface area contributed by atoms with E-state index in [0.717, 1.165) is 4.48 Å². The van der Waals surface area contributed by atoms with Crippen LogP contribution in [0.1, 0.15) is 0 Å². The molecule has 0 unspecified atom stereocenters. The first kappa shape index (κ1) is 4.84. The van der Waals surface area contributed by atoms with E-state index >= 15 is 0 Å². The number of nitrogens with one attached hydrogen (secondary N) is 1. The molecule has 0 aromatic carbocycles. The lowest BCUT2D eigenvalue weighted by molar-refractivity contribution is -0.115. The van der Waals surface area contributed by atoms with E-state index in [0.29, 0.717) is 6.54 Å². The van der Waals surface area contributed by atoms with E-state index in [1.807, 2.05) is 0 Å². The first-order valence-electron chi connectivity index (χ1n) is 1.93. The summed E-state index contributed by atoms with van der Waals surface area (Å²) in [5.41, 5.74) is 0. The average Bonchev–Trinajstić information content (AvgIpc) is 1.87. The molecule has 1 N–H and O–H groups in total. The summed E-state index contributed by atoms with van der Waals surface area (Å²) < 4.78 is 0.928. The van der Waals surface area contributed by atoms with Gasteiger partial charge in [-0.1, -0.05) is 15.9 Å². The number of carbonyl (C=O) groups is 1. The normalized spacial score (nSPS) is 19.0. The number of halogens is 1. The third kappa shape index (κ3) is 1.03. The summed E-state index contributed by atoms with van der Waals surface area (Å²) in [6.07, 6.45) is 1.53. The van der Waals surface area contributed by atoms with Gasteiger partial charge < -0.3 is 5.32 Å². The SMILES string of the molecule is O=C1C=C(Br)CN1. The lowest BCUT2D eigenvalue weighted by Gasteiger charge is -1.83. The third-order valence-electron chi connectivity index (χ3n) is 0.719. The topological polar surface area (TPSA) is 29.1 Å². The molecule has 0 radical (unpaired) electrons. The number of hydrogen-bond acceptors (Lipinski definition) is 1. The average molecular weight is 162 g/mol. The summed E-state index contributed by atoms with van der Waals surface area (Å²) >= 11 is 3.16. The molecule has 0 saturated heterocycles. The van der Waals surface area contributed by atoms with Gasteiger partial charge >= 0.3 is 0 Å². The molecule has 0 bridgehead atoms. The largest absolute Gasteiger partial charge is 0.348 e. The van der Waals surface area contributed by atoms with Gasteiger partial charge in [0, 0.05) is 17.1 Å². The van der Waals surface area contributed by atoms with Gasteiger partial charge in [0.15, 0.2) is 0 Å². The molecule has 1 rings (SSSR count). The number of carbonyl (C=O) groups excluding carboxylic acids is 1. The molecule has 0 saturated carbocycles. The lowest BCUT2D eigenvalue weighted by Crippen LogP contribution is -2.14. The Morgan fingerprint density at radius 1 is 1.86 bits per heavy atom. The van der Waals surface area contributed by atoms with Crippen LogP contribution in [0.2, 0.25) is 0 Å². The highest BCUT2D eigenvalue weighted by Gasteiger charge is 2.05. The fraction of sp³-hybridized carbons (Fsp3) is 0.250. The predicted octanol–water partition coefficient (Wildman–Crippen LogP) is 0.395. The highest BCUT2D eigenvalue weighted by Crippen LogP contribution is 2.06. The Morgan fingerprint density at radius 3 is 2.71 bits per heavy atom. The monoisotopic (exact) mass is 161 g/mol. The van der Waals surface area contributed by atoms with Crippen molar-refractivity contribution in [1.82, 2.24) is 5.32 Å². The van der Waals surface area contributed by atoms with Gasteiger partial charge in [0.25, 0.3) is 0 Å². The van der Waals surface area contributed by atoms with Gasteiger partial charge in [-0.3, -0.25) is 4.79 Å². The standard InChI is InChI=1S/C4H4BrNO/c5-3-1-4(7)6-2-3/h1H,2H2,(H,6,7). The first-order valence-corrected chi connectivity index (χ1v) is 2.72. The van der Waals surface area contributed by atoms with Crippen molar-refractivity contribution in [3.05, 3.63) is 10.6 Å². The zero-order valence-corrected chi connectivity index (χ0v) is 5.16. The Kier molecular flexibility index (Phi) is 1.15. The zero-order chi connectivity index (χ0) is 5.28. The van der Waals surface area contributed by atoms with Gasteiger partial charge in [0.05, 0.1) is 0 Å². The summed E-state index contributed by atoms with van der Waals surface area (Å²) in [4.78, 5) is 10.2. The summed E-state index contributed by atoms with van der Waals surface area (Å²) in [7, 11) is 0. The Morgan fingerprint density at radius 2 is 2.57 bits per heavy atom. The molecule has 7 heavy (non-hydrogen) atoms. The Labute approximate surface area is 49.7 Å². The molecular weight excluding hydrogens is 158 g/mol. The van der Waals surface area contributed by atoms with Crippen LogP contribution in [0, 0.1) is 0 Å². The van der Waals surface area contributed by atoms with E-state index in [9.17, 15) is 4.79 Å². The molecule has 0 atom stereocenters. The van der Waals surface area contributed by atoms with E-state index in [-0.39, 0.29) is 5.91 Å². The van der Waals surface area contributed by atoms with Crippen LogP contribution in [0.3, 0.4) is 0 Å². The molecule has 0 fully saturated rings. The molecule has 2 nitrogen and oxygen atoms in total. The molecule has 0 aromatic rings. The Balaban J connectivity index is 2.67. The summed E-state index contributed by atoms with van der Waals surface area (Å²) in [6, 6.07) is 0. The molecule has 0 aromatic heterocycles. The minimum absolute atomic E-state index is 0.00752. The second-order valence-corrected chi connectivity index (χ2v) is 2.33. The maximum Gasteiger partial charge on any atom is 0.245 e. The van der Waals surface area contributed by atoms with Crippen LogP contribution in [0.15, 0.2) is 10.6 Å². The predicted molar refractivity (Wildman–Crippen MR) is 30.0 cm³/mol. The second kappa shape index (κ2) is 1.66. The summed E-state index contributed by atoms with van der Waals surface area (Å²) in [6.45, 7) is 0.652. The van der Waals surface area contributed by atoms with Crippen molar-refractivity contribution < 1.29 is 4.79 Å². The maximum absolute atomic E-state index is 10.2. The van der Waals surface area contributed by atoms with Crippen LogP contribution in [0.25, 0.3) is 0 Å². The molecule has 1 heterocycles. The van der Waals surface area contributed by atoms with Gasteiger partial charge in [-0.25, -0.2) is 0 Å². The van der Waals surface area contributed by atoms with Gasteiger partial charge in [0.2, 0.25) is 5.91 Å². The highest BCUT2D eigenvalue weighted by atomic mass is 79.9. The first-order chi connectivity index (χ1) is 3.29. The van der Waals surface area contributed by atoms with E-state index in [4.69, 9.17) is 0 Å². The number of rotatable bonds is 0. The zero-order valence-electron chi connectivity index (χ0n) is 3.57. The molecule has 0 spiro atoms. The molecule has 1 aliphatic heterocycles.